The van der Waals surface area contributed by atoms with Gasteiger partial charge in [0.05, 0.1) is 22.1 Å². The maximum absolute atomic E-state index is 7.19. The van der Waals surface area contributed by atoms with Gasteiger partial charge in [-0.15, -0.1) is 0 Å². The summed E-state index contributed by atoms with van der Waals surface area (Å²) in [6, 6.07) is 64.7. The Bertz CT molecular complexity index is 3540. The summed E-state index contributed by atoms with van der Waals surface area (Å²) in [5.41, 5.74) is 14.7. The zero-order valence-corrected chi connectivity index (χ0v) is 34.5. The van der Waals surface area contributed by atoms with Crippen LogP contribution in [0, 0.1) is 0 Å². The summed E-state index contributed by atoms with van der Waals surface area (Å²) < 4.78 is 9.60. The molecule has 9 aromatic carbocycles. The average molecular weight is 773 g/mol. The van der Waals surface area contributed by atoms with Crippen LogP contribution in [0.2, 0.25) is 0 Å². The summed E-state index contributed by atoms with van der Waals surface area (Å²) in [5, 5.41) is 9.82. The summed E-state index contributed by atoms with van der Waals surface area (Å²) in [6.07, 6.45) is 0. The minimum Gasteiger partial charge on any atom is -0.455 e. The Morgan fingerprint density at radius 3 is 1.82 bits per heavy atom. The van der Waals surface area contributed by atoms with Crippen LogP contribution in [-0.4, -0.2) is 4.57 Å². The van der Waals surface area contributed by atoms with Crippen molar-refractivity contribution in [2.75, 3.05) is 4.90 Å². The Hall–Kier alpha value is -7.10. The van der Waals surface area contributed by atoms with Gasteiger partial charge in [0.2, 0.25) is 0 Å². The van der Waals surface area contributed by atoms with Crippen LogP contribution >= 0.6 is 0 Å². The van der Waals surface area contributed by atoms with Crippen LogP contribution in [0.1, 0.15) is 51.3 Å². The van der Waals surface area contributed by atoms with Gasteiger partial charge in [0.15, 0.2) is 0 Å². The second kappa shape index (κ2) is 12.5. The number of anilines is 3. The van der Waals surface area contributed by atoms with Gasteiger partial charge in [-0.1, -0.05) is 156 Å². The standard InChI is InChI=1S/C57H44N2O/c1-56(2,3)35-27-29-37(30-28-35)58(38-31-32-42-41-21-13-15-25-47(41)59(48(42)33-38)36-17-7-6-8-18-36)49-34-46-53(55-51(49)45-24-14-16-26-50(45)60-55)52-43-22-11-9-19-39(43)40-20-10-12-23-44(40)54(52)57(46,4)5/h6-34H,1-5H3. The van der Waals surface area contributed by atoms with Crippen molar-refractivity contribution in [3.8, 4) is 16.8 Å². The van der Waals surface area contributed by atoms with Gasteiger partial charge in [0.25, 0.3) is 0 Å². The molecule has 0 atom stereocenters. The van der Waals surface area contributed by atoms with Crippen LogP contribution in [0.5, 0.6) is 0 Å². The molecule has 1 aliphatic carbocycles. The van der Waals surface area contributed by atoms with Crippen LogP contribution in [0.4, 0.5) is 17.1 Å². The van der Waals surface area contributed by atoms with Crippen LogP contribution < -0.4 is 4.90 Å². The topological polar surface area (TPSA) is 21.3 Å². The van der Waals surface area contributed by atoms with Gasteiger partial charge in [-0.2, -0.15) is 0 Å². The van der Waals surface area contributed by atoms with Crippen molar-refractivity contribution >= 4 is 82.4 Å². The van der Waals surface area contributed by atoms with Crippen molar-refractivity contribution in [2.24, 2.45) is 0 Å². The molecule has 0 unspecified atom stereocenters. The molecule has 3 heteroatoms. The highest BCUT2D eigenvalue weighted by atomic mass is 16.3. The molecule has 12 rings (SSSR count). The first kappa shape index (κ1) is 34.9. The van der Waals surface area contributed by atoms with Gasteiger partial charge in [-0.3, -0.25) is 0 Å². The van der Waals surface area contributed by atoms with E-state index in [1.54, 1.807) is 0 Å². The molecule has 0 amide bonds. The number of aromatic nitrogens is 1. The third kappa shape index (κ3) is 4.84. The molecule has 0 spiro atoms. The molecule has 11 aromatic rings. The number of rotatable bonds is 4. The highest BCUT2D eigenvalue weighted by Gasteiger charge is 2.42. The van der Waals surface area contributed by atoms with Gasteiger partial charge in [0.1, 0.15) is 11.2 Å². The number of para-hydroxylation sites is 3. The van der Waals surface area contributed by atoms with E-state index in [2.05, 4.69) is 220 Å². The van der Waals surface area contributed by atoms with Gasteiger partial charge >= 0.3 is 0 Å². The zero-order chi connectivity index (χ0) is 40.5. The molecule has 0 fully saturated rings. The first-order chi connectivity index (χ1) is 29.2. The molecule has 288 valence electrons. The maximum Gasteiger partial charge on any atom is 0.145 e. The van der Waals surface area contributed by atoms with Gasteiger partial charge in [0, 0.05) is 44.2 Å². The lowest BCUT2D eigenvalue weighted by atomic mass is 9.79. The molecule has 60 heavy (non-hydrogen) atoms. The van der Waals surface area contributed by atoms with Crippen LogP contribution in [0.25, 0.3) is 82.1 Å². The Morgan fingerprint density at radius 2 is 1.08 bits per heavy atom. The maximum atomic E-state index is 7.19. The number of furan rings is 1. The minimum absolute atomic E-state index is 0.0157. The molecule has 2 heterocycles. The van der Waals surface area contributed by atoms with E-state index in [9.17, 15) is 0 Å². The zero-order valence-electron chi connectivity index (χ0n) is 34.5. The summed E-state index contributed by atoms with van der Waals surface area (Å²) in [6.45, 7) is 11.7. The van der Waals surface area contributed by atoms with Gasteiger partial charge in [-0.25, -0.2) is 0 Å². The van der Waals surface area contributed by atoms with E-state index in [1.165, 1.54) is 65.7 Å². The Labute approximate surface area is 349 Å². The lowest BCUT2D eigenvalue weighted by Gasteiger charge is -2.30. The molecular formula is C57H44N2O. The highest BCUT2D eigenvalue weighted by Crippen LogP contribution is 2.60. The number of fused-ring (bicyclic) bond motifs is 15. The van der Waals surface area contributed by atoms with Gasteiger partial charge in [-0.05, 0) is 104 Å². The smallest absolute Gasteiger partial charge is 0.145 e. The summed E-state index contributed by atoms with van der Waals surface area (Å²) in [7, 11) is 0. The first-order valence-electron chi connectivity index (χ1n) is 21.1. The van der Waals surface area contributed by atoms with Crippen molar-refractivity contribution < 1.29 is 4.42 Å². The molecule has 0 saturated carbocycles. The third-order valence-electron chi connectivity index (χ3n) is 13.3. The Morgan fingerprint density at radius 1 is 0.500 bits per heavy atom. The monoisotopic (exact) mass is 772 g/mol. The quantitative estimate of drug-likeness (QED) is 0.166. The fraction of sp³-hybridized carbons (Fsp3) is 0.123. The van der Waals surface area contributed by atoms with E-state index in [1.807, 2.05) is 0 Å². The lowest BCUT2D eigenvalue weighted by Crippen LogP contribution is -2.17. The second-order valence-electron chi connectivity index (χ2n) is 18.1. The molecule has 0 saturated heterocycles. The van der Waals surface area contributed by atoms with Crippen molar-refractivity contribution in [1.29, 1.82) is 0 Å². The average Bonchev–Trinajstić information content (AvgIpc) is 3.90. The number of hydrogen-bond acceptors (Lipinski definition) is 2. The summed E-state index contributed by atoms with van der Waals surface area (Å²) in [4.78, 5) is 2.48. The van der Waals surface area contributed by atoms with Crippen LogP contribution in [0.3, 0.4) is 0 Å². The molecule has 0 aliphatic heterocycles. The van der Waals surface area contributed by atoms with Crippen molar-refractivity contribution in [3.63, 3.8) is 0 Å². The Balaban J connectivity index is 1.22. The second-order valence-corrected chi connectivity index (χ2v) is 18.1. The van der Waals surface area contributed by atoms with Crippen molar-refractivity contribution in [3.05, 3.63) is 193 Å². The predicted octanol–water partition coefficient (Wildman–Crippen LogP) is 16.1. The number of nitrogens with zero attached hydrogens (tertiary/aromatic N) is 2. The predicted molar refractivity (Wildman–Crippen MR) is 254 cm³/mol. The van der Waals surface area contributed by atoms with Crippen molar-refractivity contribution in [2.45, 2.75) is 45.4 Å². The SMILES string of the molecule is CC(C)(C)c1ccc(N(c2ccc3c4ccccc4n(-c4ccccc4)c3c2)c2cc3c(c4oc5ccccc5c24)-c2c(c4ccccc4c4ccccc24)C3(C)C)cc1. The van der Waals surface area contributed by atoms with E-state index < -0.39 is 0 Å². The number of benzene rings is 9. The minimum atomic E-state index is -0.332. The lowest BCUT2D eigenvalue weighted by molar-refractivity contribution is 0.590. The molecule has 1 aliphatic rings. The van der Waals surface area contributed by atoms with E-state index in [-0.39, 0.29) is 10.8 Å². The van der Waals surface area contributed by atoms with E-state index in [0.717, 1.165) is 50.2 Å². The van der Waals surface area contributed by atoms with Crippen LogP contribution in [-0.2, 0) is 10.8 Å². The largest absolute Gasteiger partial charge is 0.455 e. The third-order valence-corrected chi connectivity index (χ3v) is 13.3. The molecule has 3 nitrogen and oxygen atoms in total. The molecule has 0 radical (unpaired) electrons. The molecule has 0 N–H and O–H groups in total. The molecule has 0 bridgehead atoms. The van der Waals surface area contributed by atoms with E-state index in [0.29, 0.717) is 0 Å². The molecule has 2 aromatic heterocycles. The van der Waals surface area contributed by atoms with E-state index >= 15 is 0 Å². The summed E-state index contributed by atoms with van der Waals surface area (Å²) >= 11 is 0. The van der Waals surface area contributed by atoms with E-state index in [4.69, 9.17) is 4.42 Å². The highest BCUT2D eigenvalue weighted by molar-refractivity contribution is 6.25. The van der Waals surface area contributed by atoms with Crippen molar-refractivity contribution in [1.82, 2.24) is 4.57 Å². The fourth-order valence-electron chi connectivity index (χ4n) is 10.5. The van der Waals surface area contributed by atoms with Gasteiger partial charge < -0.3 is 13.9 Å². The molecular weight excluding hydrogens is 729 g/mol. The van der Waals surface area contributed by atoms with Crippen LogP contribution in [0.15, 0.2) is 180 Å². The fourth-order valence-corrected chi connectivity index (χ4v) is 10.5. The normalized spacial score (nSPS) is 13.6. The Kier molecular flexibility index (Phi) is 7.24. The first-order valence-corrected chi connectivity index (χ1v) is 21.1. The summed E-state index contributed by atoms with van der Waals surface area (Å²) in [5.74, 6) is 0. The number of hydrogen-bond donors (Lipinski definition) is 0.